The molecule has 1 aliphatic rings. The molecule has 2 aromatic heterocycles. The molecule has 1 aliphatic carbocycles. The average molecular weight is 190 g/mol. The lowest BCUT2D eigenvalue weighted by molar-refractivity contribution is 0.604. The second-order valence-corrected chi connectivity index (χ2v) is 3.76. The molecule has 14 heavy (non-hydrogen) atoms. The maximum absolute atomic E-state index is 11.8. The molecule has 1 fully saturated rings. The minimum atomic E-state index is -0.0445. The number of nitrogens with zero attached hydrogens (tertiary/aromatic N) is 4. The standard InChI is InChI=1S/C9H10N4O/c14-9-8-11-10-6-13(8)4-3-12(9)5-7-1-2-7/h3-4,6-7H,1-2,5H2. The third-order valence-corrected chi connectivity index (χ3v) is 2.58. The SMILES string of the molecule is O=c1c2nncn2ccn1CC1CC1. The van der Waals surface area contributed by atoms with Crippen LogP contribution in [0.1, 0.15) is 12.8 Å². The Labute approximate surface area is 80.0 Å². The van der Waals surface area contributed by atoms with E-state index in [2.05, 4.69) is 10.2 Å². The second kappa shape index (κ2) is 2.67. The quantitative estimate of drug-likeness (QED) is 0.684. The van der Waals surface area contributed by atoms with Crippen LogP contribution in [-0.2, 0) is 6.54 Å². The molecular formula is C9H10N4O. The molecule has 5 heteroatoms. The van der Waals surface area contributed by atoms with Gasteiger partial charge in [0.2, 0.25) is 5.65 Å². The summed E-state index contributed by atoms with van der Waals surface area (Å²) in [7, 11) is 0. The van der Waals surface area contributed by atoms with Crippen molar-refractivity contribution < 1.29 is 0 Å². The molecule has 0 atom stereocenters. The summed E-state index contributed by atoms with van der Waals surface area (Å²) in [5.41, 5.74) is 0.366. The Hall–Kier alpha value is -1.65. The lowest BCUT2D eigenvalue weighted by Gasteiger charge is -2.02. The molecule has 0 spiro atoms. The normalized spacial score (nSPS) is 16.3. The van der Waals surface area contributed by atoms with E-state index >= 15 is 0 Å². The first kappa shape index (κ1) is 7.73. The van der Waals surface area contributed by atoms with Crippen LogP contribution in [-0.4, -0.2) is 19.2 Å². The summed E-state index contributed by atoms with van der Waals surface area (Å²) in [6.07, 6.45) is 7.64. The van der Waals surface area contributed by atoms with Crippen LogP contribution in [0.3, 0.4) is 0 Å². The van der Waals surface area contributed by atoms with Gasteiger partial charge in [-0.3, -0.25) is 9.20 Å². The van der Waals surface area contributed by atoms with Crippen LogP contribution < -0.4 is 5.56 Å². The van der Waals surface area contributed by atoms with E-state index < -0.39 is 0 Å². The highest BCUT2D eigenvalue weighted by molar-refractivity contribution is 5.32. The fourth-order valence-electron chi connectivity index (χ4n) is 1.58. The van der Waals surface area contributed by atoms with Crippen LogP contribution in [0.4, 0.5) is 0 Å². The van der Waals surface area contributed by atoms with E-state index in [-0.39, 0.29) is 5.56 Å². The van der Waals surface area contributed by atoms with E-state index in [4.69, 9.17) is 0 Å². The molecule has 0 saturated heterocycles. The Morgan fingerprint density at radius 1 is 1.43 bits per heavy atom. The van der Waals surface area contributed by atoms with Gasteiger partial charge in [-0.15, -0.1) is 10.2 Å². The number of hydrogen-bond acceptors (Lipinski definition) is 3. The van der Waals surface area contributed by atoms with E-state index in [9.17, 15) is 4.79 Å². The van der Waals surface area contributed by atoms with Crippen molar-refractivity contribution in [1.82, 2.24) is 19.2 Å². The molecule has 2 heterocycles. The lowest BCUT2D eigenvalue weighted by Crippen LogP contribution is -2.22. The van der Waals surface area contributed by atoms with Crippen LogP contribution in [0.2, 0.25) is 0 Å². The Balaban J connectivity index is 2.14. The van der Waals surface area contributed by atoms with Gasteiger partial charge in [0.25, 0.3) is 5.56 Å². The highest BCUT2D eigenvalue weighted by atomic mass is 16.1. The van der Waals surface area contributed by atoms with Crippen molar-refractivity contribution in [3.8, 4) is 0 Å². The first-order chi connectivity index (χ1) is 6.84. The van der Waals surface area contributed by atoms with Gasteiger partial charge in [0.15, 0.2) is 0 Å². The summed E-state index contributed by atoms with van der Waals surface area (Å²) < 4.78 is 3.37. The fourth-order valence-corrected chi connectivity index (χ4v) is 1.58. The Bertz CT molecular complexity index is 523. The van der Waals surface area contributed by atoms with Crippen LogP contribution in [0.5, 0.6) is 0 Å². The molecular weight excluding hydrogens is 180 g/mol. The molecule has 5 nitrogen and oxygen atoms in total. The molecule has 0 amide bonds. The van der Waals surface area contributed by atoms with Crippen LogP contribution in [0, 0.1) is 5.92 Å². The minimum Gasteiger partial charge on any atom is -0.311 e. The van der Waals surface area contributed by atoms with Crippen molar-refractivity contribution in [2.45, 2.75) is 19.4 Å². The molecule has 0 radical (unpaired) electrons. The lowest BCUT2D eigenvalue weighted by atomic mass is 10.4. The third kappa shape index (κ3) is 1.13. The summed E-state index contributed by atoms with van der Waals surface area (Å²) in [6.45, 7) is 0.822. The predicted molar refractivity (Wildman–Crippen MR) is 50.0 cm³/mol. The first-order valence-corrected chi connectivity index (χ1v) is 4.73. The summed E-state index contributed by atoms with van der Waals surface area (Å²) in [5.74, 6) is 0.693. The molecule has 0 bridgehead atoms. The Morgan fingerprint density at radius 2 is 2.29 bits per heavy atom. The van der Waals surface area contributed by atoms with Gasteiger partial charge >= 0.3 is 0 Å². The van der Waals surface area contributed by atoms with E-state index in [1.807, 2.05) is 6.20 Å². The smallest absolute Gasteiger partial charge is 0.296 e. The van der Waals surface area contributed by atoms with Crippen molar-refractivity contribution in [3.05, 3.63) is 29.1 Å². The summed E-state index contributed by atoms with van der Waals surface area (Å²) in [5, 5.41) is 7.48. The van der Waals surface area contributed by atoms with Gasteiger partial charge in [-0.2, -0.15) is 0 Å². The minimum absolute atomic E-state index is 0.0445. The number of hydrogen-bond donors (Lipinski definition) is 0. The van der Waals surface area contributed by atoms with Crippen molar-refractivity contribution in [2.24, 2.45) is 5.92 Å². The molecule has 2 aromatic rings. The molecule has 1 saturated carbocycles. The zero-order valence-electron chi connectivity index (χ0n) is 7.63. The van der Waals surface area contributed by atoms with Gasteiger partial charge in [0.05, 0.1) is 0 Å². The van der Waals surface area contributed by atoms with Gasteiger partial charge in [-0.25, -0.2) is 0 Å². The van der Waals surface area contributed by atoms with Crippen LogP contribution in [0.15, 0.2) is 23.5 Å². The zero-order chi connectivity index (χ0) is 9.54. The monoisotopic (exact) mass is 190 g/mol. The molecule has 3 rings (SSSR count). The molecule has 72 valence electrons. The van der Waals surface area contributed by atoms with Crippen LogP contribution in [0.25, 0.3) is 5.65 Å². The van der Waals surface area contributed by atoms with Gasteiger partial charge in [-0.1, -0.05) is 0 Å². The van der Waals surface area contributed by atoms with E-state index in [1.165, 1.54) is 19.2 Å². The summed E-state index contributed by atoms with van der Waals surface area (Å²) >= 11 is 0. The maximum Gasteiger partial charge on any atom is 0.296 e. The largest absolute Gasteiger partial charge is 0.311 e. The molecule has 0 aromatic carbocycles. The van der Waals surface area contributed by atoms with Gasteiger partial charge in [0.1, 0.15) is 6.33 Å². The van der Waals surface area contributed by atoms with Crippen molar-refractivity contribution >= 4 is 5.65 Å². The second-order valence-electron chi connectivity index (χ2n) is 3.76. The number of rotatable bonds is 2. The predicted octanol–water partition coefficient (Wildman–Crippen LogP) is 0.301. The van der Waals surface area contributed by atoms with Crippen molar-refractivity contribution in [3.63, 3.8) is 0 Å². The maximum atomic E-state index is 11.8. The van der Waals surface area contributed by atoms with Crippen LogP contribution >= 0.6 is 0 Å². The number of fused-ring (bicyclic) bond motifs is 1. The molecule has 0 unspecified atom stereocenters. The van der Waals surface area contributed by atoms with E-state index in [1.54, 1.807) is 15.2 Å². The van der Waals surface area contributed by atoms with Crippen molar-refractivity contribution in [2.75, 3.05) is 0 Å². The first-order valence-electron chi connectivity index (χ1n) is 4.73. The molecule has 0 N–H and O–H groups in total. The van der Waals surface area contributed by atoms with Gasteiger partial charge < -0.3 is 4.57 Å². The Morgan fingerprint density at radius 3 is 3.07 bits per heavy atom. The average Bonchev–Trinajstić information content (AvgIpc) is 2.85. The highest BCUT2D eigenvalue weighted by Gasteiger charge is 2.22. The van der Waals surface area contributed by atoms with Gasteiger partial charge in [0, 0.05) is 18.9 Å². The topological polar surface area (TPSA) is 52.2 Å². The summed E-state index contributed by atoms with van der Waals surface area (Å²) in [6, 6.07) is 0. The summed E-state index contributed by atoms with van der Waals surface area (Å²) in [4.78, 5) is 11.8. The van der Waals surface area contributed by atoms with E-state index in [0.717, 1.165) is 6.54 Å². The number of aromatic nitrogens is 4. The highest BCUT2D eigenvalue weighted by Crippen LogP contribution is 2.29. The third-order valence-electron chi connectivity index (χ3n) is 2.58. The molecule has 0 aliphatic heterocycles. The van der Waals surface area contributed by atoms with Crippen molar-refractivity contribution in [1.29, 1.82) is 0 Å². The zero-order valence-corrected chi connectivity index (χ0v) is 7.63. The Kier molecular flexibility index (Phi) is 1.47. The van der Waals surface area contributed by atoms with Gasteiger partial charge in [-0.05, 0) is 18.8 Å². The fraction of sp³-hybridized carbons (Fsp3) is 0.444. The van der Waals surface area contributed by atoms with E-state index in [0.29, 0.717) is 11.6 Å².